The molecule has 5 heteroatoms. The molecular weight excluding hydrogens is 296 g/mol. The fraction of sp³-hybridized carbons (Fsp3) is 0.467. The van der Waals surface area contributed by atoms with Crippen LogP contribution in [0.5, 0.6) is 5.75 Å². The molecular formula is C15H21ClO3S. The number of rotatable bonds is 6. The molecule has 1 rings (SSSR count). The Morgan fingerprint density at radius 1 is 1.40 bits per heavy atom. The van der Waals surface area contributed by atoms with Crippen molar-refractivity contribution < 1.29 is 13.2 Å². The van der Waals surface area contributed by atoms with Crippen LogP contribution in [0.4, 0.5) is 0 Å². The van der Waals surface area contributed by atoms with Gasteiger partial charge < -0.3 is 4.74 Å². The van der Waals surface area contributed by atoms with Crippen molar-refractivity contribution in [3.8, 4) is 5.75 Å². The van der Waals surface area contributed by atoms with E-state index in [2.05, 4.69) is 6.58 Å². The Morgan fingerprint density at radius 3 is 2.45 bits per heavy atom. The fourth-order valence-corrected chi connectivity index (χ4v) is 3.01. The number of benzene rings is 1. The van der Waals surface area contributed by atoms with E-state index in [0.717, 1.165) is 17.6 Å². The third-order valence-electron chi connectivity index (χ3n) is 3.12. The Bertz CT molecular complexity index is 604. The lowest BCUT2D eigenvalue weighted by Crippen LogP contribution is -2.05. The van der Waals surface area contributed by atoms with Crippen molar-refractivity contribution in [1.29, 1.82) is 0 Å². The van der Waals surface area contributed by atoms with E-state index in [-0.39, 0.29) is 10.8 Å². The summed E-state index contributed by atoms with van der Waals surface area (Å²) < 4.78 is 28.9. The van der Waals surface area contributed by atoms with E-state index in [1.165, 1.54) is 0 Å². The van der Waals surface area contributed by atoms with Gasteiger partial charge in [-0.05, 0) is 48.1 Å². The van der Waals surface area contributed by atoms with Gasteiger partial charge in [-0.2, -0.15) is 0 Å². The highest BCUT2D eigenvalue weighted by molar-refractivity contribution is 8.13. The van der Waals surface area contributed by atoms with Crippen LogP contribution in [0.25, 0.3) is 0 Å². The zero-order valence-electron chi connectivity index (χ0n) is 12.4. The van der Waals surface area contributed by atoms with Crippen LogP contribution in [0, 0.1) is 6.92 Å². The van der Waals surface area contributed by atoms with Gasteiger partial charge in [0.2, 0.25) is 0 Å². The van der Waals surface area contributed by atoms with Crippen molar-refractivity contribution in [2.24, 2.45) is 0 Å². The molecule has 0 radical (unpaired) electrons. The summed E-state index contributed by atoms with van der Waals surface area (Å²) in [6, 6.07) is 3.33. The first-order valence-corrected chi connectivity index (χ1v) is 8.86. The molecule has 0 aliphatic heterocycles. The molecule has 3 nitrogen and oxygen atoms in total. The minimum atomic E-state index is -3.74. The molecule has 0 spiro atoms. The average Bonchev–Trinajstić information content (AvgIpc) is 2.33. The first kappa shape index (κ1) is 17.1. The molecule has 112 valence electrons. The molecule has 0 aliphatic rings. The van der Waals surface area contributed by atoms with Gasteiger partial charge in [0, 0.05) is 10.7 Å². The Labute approximate surface area is 126 Å². The van der Waals surface area contributed by atoms with Gasteiger partial charge in [0.05, 0.1) is 4.90 Å². The van der Waals surface area contributed by atoms with Crippen molar-refractivity contribution >= 4 is 19.7 Å². The predicted molar refractivity (Wildman–Crippen MR) is 83.2 cm³/mol. The Hall–Kier alpha value is -1.00. The van der Waals surface area contributed by atoms with Crippen molar-refractivity contribution in [2.75, 3.05) is 6.61 Å². The summed E-state index contributed by atoms with van der Waals surface area (Å²) in [4.78, 5) is 0.143. The lowest BCUT2D eigenvalue weighted by molar-refractivity contribution is 0.343. The minimum absolute atomic E-state index is 0.137. The van der Waals surface area contributed by atoms with E-state index < -0.39 is 9.05 Å². The highest BCUT2D eigenvalue weighted by atomic mass is 35.7. The SMILES string of the molecule is C=C(CC)COc1cc(C)c(S(=O)(=O)Cl)cc1C(C)C. The molecule has 0 saturated carbocycles. The molecule has 0 fully saturated rings. The van der Waals surface area contributed by atoms with Crippen molar-refractivity contribution in [2.45, 2.75) is 44.9 Å². The van der Waals surface area contributed by atoms with Crippen molar-refractivity contribution in [3.05, 3.63) is 35.4 Å². The summed E-state index contributed by atoms with van der Waals surface area (Å²) in [5, 5.41) is 0. The molecule has 0 saturated heterocycles. The summed E-state index contributed by atoms with van der Waals surface area (Å²) in [7, 11) is 1.72. The second kappa shape index (κ2) is 6.64. The first-order valence-electron chi connectivity index (χ1n) is 6.55. The molecule has 1 aromatic carbocycles. The molecule has 0 heterocycles. The van der Waals surface area contributed by atoms with Gasteiger partial charge in [-0.15, -0.1) is 0 Å². The van der Waals surface area contributed by atoms with E-state index in [1.807, 2.05) is 20.8 Å². The summed E-state index contributed by atoms with van der Waals surface area (Å²) in [6.45, 7) is 12.0. The highest BCUT2D eigenvalue weighted by Gasteiger charge is 2.19. The molecule has 1 aromatic rings. The molecule has 0 aromatic heterocycles. The molecule has 0 atom stereocenters. The number of aryl methyl sites for hydroxylation is 1. The van der Waals surface area contributed by atoms with Crippen LogP contribution in [-0.2, 0) is 9.05 Å². The van der Waals surface area contributed by atoms with Gasteiger partial charge in [-0.3, -0.25) is 0 Å². The standard InChI is InChI=1S/C15H21ClO3S/c1-6-11(4)9-19-14-7-12(5)15(20(16,17)18)8-13(14)10(2)3/h7-8,10H,4,6,9H2,1-3,5H3. The number of halogens is 1. The normalized spacial score (nSPS) is 11.7. The third kappa shape index (κ3) is 4.25. The van der Waals surface area contributed by atoms with E-state index in [0.29, 0.717) is 17.9 Å². The van der Waals surface area contributed by atoms with Gasteiger partial charge in [0.1, 0.15) is 12.4 Å². The van der Waals surface area contributed by atoms with Crippen molar-refractivity contribution in [3.63, 3.8) is 0 Å². The molecule has 20 heavy (non-hydrogen) atoms. The monoisotopic (exact) mass is 316 g/mol. The summed E-state index contributed by atoms with van der Waals surface area (Å²) >= 11 is 0. The Morgan fingerprint density at radius 2 is 2.00 bits per heavy atom. The van der Waals surface area contributed by atoms with Crippen LogP contribution in [0.15, 0.2) is 29.2 Å². The van der Waals surface area contributed by atoms with E-state index in [1.54, 1.807) is 19.1 Å². The van der Waals surface area contributed by atoms with Crippen LogP contribution in [-0.4, -0.2) is 15.0 Å². The Balaban J connectivity index is 3.25. The van der Waals surface area contributed by atoms with E-state index in [4.69, 9.17) is 15.4 Å². The van der Waals surface area contributed by atoms with Crippen LogP contribution in [0.1, 0.15) is 44.2 Å². The summed E-state index contributed by atoms with van der Waals surface area (Å²) in [5.41, 5.74) is 2.41. The van der Waals surface area contributed by atoms with E-state index in [9.17, 15) is 8.42 Å². The molecule has 0 N–H and O–H groups in total. The molecule has 0 amide bonds. The van der Waals surface area contributed by atoms with Crippen LogP contribution < -0.4 is 4.74 Å². The lowest BCUT2D eigenvalue weighted by Gasteiger charge is -2.17. The number of hydrogen-bond donors (Lipinski definition) is 0. The minimum Gasteiger partial charge on any atom is -0.489 e. The fourth-order valence-electron chi connectivity index (χ4n) is 1.80. The number of ether oxygens (including phenoxy) is 1. The van der Waals surface area contributed by atoms with Gasteiger partial charge >= 0.3 is 0 Å². The van der Waals surface area contributed by atoms with Gasteiger partial charge in [0.15, 0.2) is 0 Å². The van der Waals surface area contributed by atoms with Crippen molar-refractivity contribution in [1.82, 2.24) is 0 Å². The lowest BCUT2D eigenvalue weighted by atomic mass is 10.0. The maximum atomic E-state index is 11.6. The van der Waals surface area contributed by atoms with Gasteiger partial charge in [-0.25, -0.2) is 8.42 Å². The van der Waals surface area contributed by atoms with Gasteiger partial charge in [0.25, 0.3) is 9.05 Å². The van der Waals surface area contributed by atoms with Gasteiger partial charge in [-0.1, -0.05) is 27.4 Å². The zero-order valence-corrected chi connectivity index (χ0v) is 13.9. The van der Waals surface area contributed by atoms with Crippen LogP contribution in [0.2, 0.25) is 0 Å². The van der Waals surface area contributed by atoms with Crippen LogP contribution >= 0.6 is 10.7 Å². The maximum absolute atomic E-state index is 11.6. The van der Waals surface area contributed by atoms with E-state index >= 15 is 0 Å². The highest BCUT2D eigenvalue weighted by Crippen LogP contribution is 2.33. The Kier molecular flexibility index (Phi) is 5.66. The second-order valence-electron chi connectivity index (χ2n) is 5.14. The predicted octanol–water partition coefficient (Wildman–Crippen LogP) is 4.39. The molecule has 0 aliphatic carbocycles. The number of hydrogen-bond acceptors (Lipinski definition) is 3. The summed E-state index contributed by atoms with van der Waals surface area (Å²) in [6.07, 6.45) is 0.851. The summed E-state index contributed by atoms with van der Waals surface area (Å²) in [5.74, 6) is 0.828. The largest absolute Gasteiger partial charge is 0.489 e. The molecule has 0 unspecified atom stereocenters. The second-order valence-corrected chi connectivity index (χ2v) is 7.67. The molecule has 0 bridgehead atoms. The third-order valence-corrected chi connectivity index (χ3v) is 4.59. The quantitative estimate of drug-likeness (QED) is 0.577. The van der Waals surface area contributed by atoms with Crippen LogP contribution in [0.3, 0.4) is 0 Å². The zero-order chi connectivity index (χ0) is 15.5. The maximum Gasteiger partial charge on any atom is 0.261 e. The smallest absolute Gasteiger partial charge is 0.261 e. The average molecular weight is 317 g/mol. The first-order chi connectivity index (χ1) is 9.16. The topological polar surface area (TPSA) is 43.4 Å².